The van der Waals surface area contributed by atoms with E-state index in [4.69, 9.17) is 62.1 Å². The summed E-state index contributed by atoms with van der Waals surface area (Å²) in [5, 5.41) is 0. The molecule has 0 radical (unpaired) electrons. The van der Waals surface area contributed by atoms with Crippen LogP contribution in [0.4, 0.5) is 0 Å². The van der Waals surface area contributed by atoms with E-state index in [1.165, 1.54) is 22.3 Å². The molecule has 458 valence electrons. The van der Waals surface area contributed by atoms with Crippen LogP contribution in [0.2, 0.25) is 0 Å². The van der Waals surface area contributed by atoms with Crippen molar-refractivity contribution in [1.29, 1.82) is 0 Å². The van der Waals surface area contributed by atoms with E-state index in [1.54, 1.807) is 0 Å². The Kier molecular flexibility index (Phi) is 21.9. The van der Waals surface area contributed by atoms with Crippen LogP contribution in [0.3, 0.4) is 0 Å². The second-order valence-electron chi connectivity index (χ2n) is 21.5. The Labute approximate surface area is 511 Å². The molecule has 6 aliphatic rings. The van der Waals surface area contributed by atoms with Gasteiger partial charge in [-0.25, -0.2) is 9.97 Å². The van der Waals surface area contributed by atoms with Gasteiger partial charge in [-0.05, 0) is 171 Å². The van der Waals surface area contributed by atoms with Crippen LogP contribution in [0.1, 0.15) is 99.4 Å². The number of hydrogen-bond donors (Lipinski definition) is 2. The van der Waals surface area contributed by atoms with Gasteiger partial charge in [0.2, 0.25) is 0 Å². The van der Waals surface area contributed by atoms with E-state index in [-0.39, 0.29) is 0 Å². The molecule has 14 bridgehead atoms. The number of aromatic nitrogens is 4. The van der Waals surface area contributed by atoms with E-state index in [0.717, 1.165) is 150 Å². The maximum atomic E-state index is 6.70. The van der Waals surface area contributed by atoms with Gasteiger partial charge in [0.25, 0.3) is 0 Å². The van der Waals surface area contributed by atoms with E-state index >= 15 is 0 Å². The summed E-state index contributed by atoms with van der Waals surface area (Å²) in [4.78, 5) is 19.4. The molecule has 4 aromatic carbocycles. The van der Waals surface area contributed by atoms with Gasteiger partial charge in [0.05, 0.1) is 99.9 Å². The molecule has 0 atom stereocenters. The van der Waals surface area contributed by atoms with Gasteiger partial charge < -0.3 is 62.1 Å². The molecule has 0 unspecified atom stereocenters. The third kappa shape index (κ3) is 14.9. The molecule has 0 saturated heterocycles. The molecule has 0 fully saturated rings. The van der Waals surface area contributed by atoms with Gasteiger partial charge in [0, 0.05) is 33.3 Å². The quantitative estimate of drug-likeness (QED) is 0.172. The fourth-order valence-electron chi connectivity index (χ4n) is 11.7. The van der Waals surface area contributed by atoms with Gasteiger partial charge in [-0.3, -0.25) is 0 Å². The number of allylic oxidation sites excluding steroid dienone is 4. The molecule has 87 heavy (non-hydrogen) atoms. The number of hydrogen-bond acceptors (Lipinski definition) is 13. The predicted octanol–water partition coefficient (Wildman–Crippen LogP) is 14.8. The number of aryl methyl sites for hydroxylation is 4. The SMILES string of the molecule is CCC1=C(C)c2nc1cc1[nH]c(c(C)c1CC)c1c3nc(cc4[nH]c(c(C)c4CC)c2-c2ccccc2OCCOCCOc2ccc(cc2)OCCOCCOCCOCCOc2ccc(cc2)OCCOCCOc2ccccc2-1)C(CC)=C3C. The van der Waals surface area contributed by atoms with Crippen molar-refractivity contribution in [3.8, 4) is 56.8 Å². The molecule has 15 heteroatoms. The van der Waals surface area contributed by atoms with Gasteiger partial charge in [-0.15, -0.1) is 0 Å². The highest BCUT2D eigenvalue weighted by molar-refractivity contribution is 6.04. The molecule has 3 aromatic heterocycles. The average Bonchev–Trinajstić information content (AvgIpc) is 1.70. The molecule has 7 aromatic rings. The maximum Gasteiger partial charge on any atom is 0.127 e. The van der Waals surface area contributed by atoms with Crippen molar-refractivity contribution in [3.63, 3.8) is 0 Å². The van der Waals surface area contributed by atoms with Crippen LogP contribution in [0.15, 0.2) is 109 Å². The molecule has 2 N–H and O–H groups in total. The number of rotatable bonds is 4. The van der Waals surface area contributed by atoms with Gasteiger partial charge in [0.1, 0.15) is 74.1 Å². The summed E-state index contributed by atoms with van der Waals surface area (Å²) in [5.41, 5.74) is 20.9. The highest BCUT2D eigenvalue weighted by Crippen LogP contribution is 2.46. The number of ether oxygens (including phenoxy) is 11. The second kappa shape index (κ2) is 30.6. The molecule has 0 amide bonds. The second-order valence-corrected chi connectivity index (χ2v) is 21.5. The lowest BCUT2D eigenvalue weighted by atomic mass is 9.94. The molecule has 0 spiro atoms. The normalized spacial score (nSPS) is 16.0. The zero-order chi connectivity index (χ0) is 60.5. The molecular weight excluding hydrogens is 1100 g/mol. The first-order chi connectivity index (χ1) is 42.7. The molecule has 15 nitrogen and oxygen atoms in total. The summed E-state index contributed by atoms with van der Waals surface area (Å²) in [7, 11) is 0. The predicted molar refractivity (Wildman–Crippen MR) is 346 cm³/mol. The Balaban J connectivity index is 1.00. The van der Waals surface area contributed by atoms with E-state index < -0.39 is 0 Å². The molecule has 0 saturated carbocycles. The lowest BCUT2D eigenvalue weighted by Crippen LogP contribution is -2.14. The van der Waals surface area contributed by atoms with Crippen molar-refractivity contribution in [2.24, 2.45) is 0 Å². The summed E-state index contributed by atoms with van der Waals surface area (Å²) in [6, 6.07) is 36.2. The van der Waals surface area contributed by atoms with Crippen LogP contribution in [0.25, 0.3) is 66.6 Å². The van der Waals surface area contributed by atoms with Crippen molar-refractivity contribution in [3.05, 3.63) is 154 Å². The fraction of sp³-hybridized carbons (Fsp3) is 0.389. The van der Waals surface area contributed by atoms with Crippen LogP contribution in [-0.4, -0.2) is 126 Å². The minimum absolute atomic E-state index is 0.335. The number of para-hydroxylation sites is 2. The number of aromatic amines is 2. The molecule has 0 aliphatic carbocycles. The zero-order valence-corrected chi connectivity index (χ0v) is 51.9. The third-order valence-electron chi connectivity index (χ3n) is 16.1. The third-order valence-corrected chi connectivity index (χ3v) is 16.1. The minimum atomic E-state index is 0.335. The van der Waals surface area contributed by atoms with Gasteiger partial charge in [0.15, 0.2) is 0 Å². The smallest absolute Gasteiger partial charge is 0.127 e. The molecule has 9 heterocycles. The number of benzene rings is 4. The molecular formula is C72H84N4O11. The Morgan fingerprint density at radius 2 is 0.655 bits per heavy atom. The van der Waals surface area contributed by atoms with Crippen LogP contribution in [0.5, 0.6) is 34.5 Å². The lowest BCUT2D eigenvalue weighted by molar-refractivity contribution is 0.00498. The fourth-order valence-corrected chi connectivity index (χ4v) is 11.7. The van der Waals surface area contributed by atoms with Crippen LogP contribution >= 0.6 is 0 Å². The largest absolute Gasteiger partial charge is 0.491 e. The Bertz CT molecular complexity index is 3450. The van der Waals surface area contributed by atoms with Crippen molar-refractivity contribution in [1.82, 2.24) is 19.9 Å². The van der Waals surface area contributed by atoms with Crippen molar-refractivity contribution < 1.29 is 52.1 Å². The lowest BCUT2D eigenvalue weighted by Gasteiger charge is -2.14. The Hall–Kier alpha value is -7.92. The van der Waals surface area contributed by atoms with Crippen molar-refractivity contribution in [2.75, 3.05) is 106 Å². The summed E-state index contributed by atoms with van der Waals surface area (Å²) >= 11 is 0. The van der Waals surface area contributed by atoms with Crippen LogP contribution < -0.4 is 28.4 Å². The number of nitrogens with one attached hydrogen (secondary N) is 2. The van der Waals surface area contributed by atoms with Crippen molar-refractivity contribution in [2.45, 2.75) is 81.1 Å². The topological polar surface area (TPSA) is 159 Å². The van der Waals surface area contributed by atoms with E-state index in [9.17, 15) is 0 Å². The maximum absolute atomic E-state index is 6.70. The van der Waals surface area contributed by atoms with Gasteiger partial charge in [-0.2, -0.15) is 0 Å². The summed E-state index contributed by atoms with van der Waals surface area (Å²) in [6.45, 7) is 24.3. The van der Waals surface area contributed by atoms with Crippen LogP contribution in [0, 0.1) is 13.8 Å². The summed E-state index contributed by atoms with van der Waals surface area (Å²) in [5.74, 6) is 4.41. The number of fused-ring (bicyclic) bond motifs is 2. The highest BCUT2D eigenvalue weighted by Gasteiger charge is 2.27. The summed E-state index contributed by atoms with van der Waals surface area (Å²) < 4.78 is 66.4. The van der Waals surface area contributed by atoms with Gasteiger partial charge in [-0.1, -0.05) is 64.1 Å². The molecule has 6 aliphatic heterocycles. The van der Waals surface area contributed by atoms with E-state index in [0.29, 0.717) is 106 Å². The number of nitrogens with zero attached hydrogens (tertiary/aromatic N) is 2. The van der Waals surface area contributed by atoms with E-state index in [1.807, 2.05) is 72.8 Å². The Morgan fingerprint density at radius 1 is 0.356 bits per heavy atom. The first kappa shape index (κ1) is 62.1. The van der Waals surface area contributed by atoms with Gasteiger partial charge >= 0.3 is 0 Å². The average molecular weight is 1180 g/mol. The molecule has 13 rings (SSSR count). The standard InChI is InChI=1S/C72H84N4O11/c1-9-55-47(5)69-67-59-17-13-15-19-65(59)86-43-37-80-35-41-84-53-25-21-51(22-26-53)82-39-33-78-31-29-77-30-32-79-34-40-83-52-23-27-54(28-24-52)85-42-36-81-38-44-87-66-20-16-14-18-60(66)68(71-48(6)56(10-2)62(74-71)45-61(55)73-69)72-50(8)58(12-4)64(76-72)46-63-57(11-3)49(7)70(67)75-63/h13-28,45-46,73,76H,9-12,29-44H2,1-8H3. The van der Waals surface area contributed by atoms with E-state index in [2.05, 4.69) is 102 Å². The monoisotopic (exact) mass is 1180 g/mol. The minimum Gasteiger partial charge on any atom is -0.491 e. The highest BCUT2D eigenvalue weighted by atomic mass is 16.6. The number of H-pyrrole nitrogens is 2. The summed E-state index contributed by atoms with van der Waals surface area (Å²) in [6.07, 6.45) is 3.19. The van der Waals surface area contributed by atoms with Crippen LogP contribution in [-0.2, 0) is 36.5 Å². The zero-order valence-electron chi connectivity index (χ0n) is 51.9. The Morgan fingerprint density at radius 3 is 0.966 bits per heavy atom. The van der Waals surface area contributed by atoms with Crippen molar-refractivity contribution >= 4 is 44.4 Å². The first-order valence-electron chi connectivity index (χ1n) is 30.9. The first-order valence-corrected chi connectivity index (χ1v) is 30.9.